The minimum Gasteiger partial charge on any atom is -0.260 e. The molecule has 23 heavy (non-hydrogen) atoms. The zero-order valence-corrected chi connectivity index (χ0v) is 12.6. The van der Waals surface area contributed by atoms with E-state index in [2.05, 4.69) is 65.7 Å². The van der Waals surface area contributed by atoms with Gasteiger partial charge >= 0.3 is 0 Å². The summed E-state index contributed by atoms with van der Waals surface area (Å²) >= 11 is 0. The second-order valence-electron chi connectivity index (χ2n) is 5.52. The van der Waals surface area contributed by atoms with Crippen molar-refractivity contribution in [2.75, 3.05) is 0 Å². The van der Waals surface area contributed by atoms with Crippen molar-refractivity contribution in [1.82, 2.24) is 0 Å². The summed E-state index contributed by atoms with van der Waals surface area (Å²) in [5, 5.41) is 0. The Balaban J connectivity index is 1.66. The third-order valence-corrected chi connectivity index (χ3v) is 3.96. The van der Waals surface area contributed by atoms with Crippen LogP contribution in [-0.2, 0) is 0 Å². The molecule has 0 aromatic heterocycles. The predicted octanol–water partition coefficient (Wildman–Crippen LogP) is 4.93. The van der Waals surface area contributed by atoms with Gasteiger partial charge in [0.2, 0.25) is 0 Å². The number of aliphatic imine (C=N–C) groups is 2. The molecule has 1 unspecified atom stereocenters. The molecular formula is C21H16N2. The Kier molecular flexibility index (Phi) is 3.57. The number of hydrogen-bond donors (Lipinski definition) is 0. The molecule has 1 atom stereocenters. The van der Waals surface area contributed by atoms with Crippen LogP contribution in [-0.4, -0.2) is 11.9 Å². The molecular weight excluding hydrogens is 280 g/mol. The van der Waals surface area contributed by atoms with E-state index in [1.807, 2.05) is 30.5 Å². The Morgan fingerprint density at radius 1 is 0.609 bits per heavy atom. The minimum absolute atomic E-state index is 0.119. The van der Waals surface area contributed by atoms with E-state index in [9.17, 15) is 0 Å². The molecule has 0 fully saturated rings. The lowest BCUT2D eigenvalue weighted by Crippen LogP contribution is -1.99. The van der Waals surface area contributed by atoms with Crippen molar-refractivity contribution < 1.29 is 0 Å². The van der Waals surface area contributed by atoms with Crippen molar-refractivity contribution in [2.24, 2.45) is 9.98 Å². The molecule has 3 aromatic rings. The molecule has 0 spiro atoms. The first-order valence-corrected chi connectivity index (χ1v) is 7.72. The van der Waals surface area contributed by atoms with E-state index in [1.54, 1.807) is 0 Å². The minimum atomic E-state index is -0.119. The normalized spacial score (nSPS) is 16.3. The van der Waals surface area contributed by atoms with Crippen molar-refractivity contribution in [3.05, 3.63) is 96.1 Å². The third kappa shape index (κ3) is 2.84. The quantitative estimate of drug-likeness (QED) is 0.655. The van der Waals surface area contributed by atoms with E-state index in [4.69, 9.17) is 4.99 Å². The first-order valence-electron chi connectivity index (χ1n) is 7.72. The fourth-order valence-electron chi connectivity index (χ4n) is 2.76. The first-order chi connectivity index (χ1) is 11.4. The van der Waals surface area contributed by atoms with Gasteiger partial charge in [0.25, 0.3) is 0 Å². The van der Waals surface area contributed by atoms with Crippen molar-refractivity contribution >= 4 is 11.9 Å². The standard InChI is InChI=1S/C21H16N2/c1-3-8-16(9-4-1)18-12-7-13-19(14-18)20-15-22-21(23-20)17-10-5-2-6-11-17/h1-15,21H. The monoisotopic (exact) mass is 296 g/mol. The zero-order chi connectivity index (χ0) is 15.5. The highest BCUT2D eigenvalue weighted by atomic mass is 15.0. The summed E-state index contributed by atoms with van der Waals surface area (Å²) in [6.45, 7) is 0. The smallest absolute Gasteiger partial charge is 0.165 e. The summed E-state index contributed by atoms with van der Waals surface area (Å²) in [5.74, 6) is 0. The average molecular weight is 296 g/mol. The van der Waals surface area contributed by atoms with Crippen LogP contribution in [0.4, 0.5) is 0 Å². The summed E-state index contributed by atoms with van der Waals surface area (Å²) in [6.07, 6.45) is 1.76. The first kappa shape index (κ1) is 13.6. The van der Waals surface area contributed by atoms with Gasteiger partial charge in [-0.25, -0.2) is 0 Å². The summed E-state index contributed by atoms with van der Waals surface area (Å²) in [6, 6.07) is 29.0. The van der Waals surface area contributed by atoms with Gasteiger partial charge < -0.3 is 0 Å². The van der Waals surface area contributed by atoms with Crippen LogP contribution in [0.2, 0.25) is 0 Å². The fourth-order valence-corrected chi connectivity index (χ4v) is 2.76. The average Bonchev–Trinajstić information content (AvgIpc) is 3.14. The molecule has 1 aliphatic rings. The molecule has 1 heterocycles. The van der Waals surface area contributed by atoms with Gasteiger partial charge in [-0.2, -0.15) is 0 Å². The molecule has 0 N–H and O–H groups in total. The summed E-state index contributed by atoms with van der Waals surface area (Å²) in [5.41, 5.74) is 5.58. The van der Waals surface area contributed by atoms with E-state index >= 15 is 0 Å². The summed E-state index contributed by atoms with van der Waals surface area (Å²) in [7, 11) is 0. The molecule has 0 amide bonds. The topological polar surface area (TPSA) is 24.7 Å². The maximum absolute atomic E-state index is 4.76. The van der Waals surface area contributed by atoms with E-state index in [-0.39, 0.29) is 6.17 Å². The third-order valence-electron chi connectivity index (χ3n) is 3.96. The van der Waals surface area contributed by atoms with Crippen LogP contribution in [0.25, 0.3) is 11.1 Å². The van der Waals surface area contributed by atoms with Crippen molar-refractivity contribution in [3.63, 3.8) is 0 Å². The predicted molar refractivity (Wildman–Crippen MR) is 96.1 cm³/mol. The lowest BCUT2D eigenvalue weighted by atomic mass is 10.0. The number of hydrogen-bond acceptors (Lipinski definition) is 2. The molecule has 2 nitrogen and oxygen atoms in total. The van der Waals surface area contributed by atoms with Crippen LogP contribution in [0.15, 0.2) is 94.9 Å². The van der Waals surface area contributed by atoms with Crippen molar-refractivity contribution in [1.29, 1.82) is 0 Å². The molecule has 4 rings (SSSR count). The van der Waals surface area contributed by atoms with E-state index < -0.39 is 0 Å². The fraction of sp³-hybridized carbons (Fsp3) is 0.0476. The van der Waals surface area contributed by atoms with Gasteiger partial charge in [-0.3, -0.25) is 9.98 Å². The van der Waals surface area contributed by atoms with E-state index in [1.165, 1.54) is 11.1 Å². The summed E-state index contributed by atoms with van der Waals surface area (Å²) < 4.78 is 0. The maximum Gasteiger partial charge on any atom is 0.165 e. The Hall–Kier alpha value is -3.00. The Morgan fingerprint density at radius 2 is 1.26 bits per heavy atom. The van der Waals surface area contributed by atoms with Crippen LogP contribution >= 0.6 is 0 Å². The highest BCUT2D eigenvalue weighted by Crippen LogP contribution is 2.25. The molecule has 3 aromatic carbocycles. The lowest BCUT2D eigenvalue weighted by Gasteiger charge is -2.05. The maximum atomic E-state index is 4.76. The lowest BCUT2D eigenvalue weighted by molar-refractivity contribution is 0.800. The van der Waals surface area contributed by atoms with Gasteiger partial charge in [0.1, 0.15) is 0 Å². The Morgan fingerprint density at radius 3 is 2.04 bits per heavy atom. The largest absolute Gasteiger partial charge is 0.260 e. The number of nitrogens with zero attached hydrogens (tertiary/aromatic N) is 2. The highest BCUT2D eigenvalue weighted by Gasteiger charge is 2.15. The summed E-state index contributed by atoms with van der Waals surface area (Å²) in [4.78, 5) is 9.30. The van der Waals surface area contributed by atoms with E-state index in [0.717, 1.165) is 16.8 Å². The number of rotatable bonds is 3. The molecule has 0 saturated carbocycles. The van der Waals surface area contributed by atoms with Crippen LogP contribution in [0.1, 0.15) is 17.3 Å². The number of benzene rings is 3. The Labute approximate surface area is 135 Å². The van der Waals surface area contributed by atoms with Crippen molar-refractivity contribution in [2.45, 2.75) is 6.17 Å². The molecule has 0 aliphatic carbocycles. The van der Waals surface area contributed by atoms with Crippen LogP contribution < -0.4 is 0 Å². The van der Waals surface area contributed by atoms with E-state index in [0.29, 0.717) is 0 Å². The van der Waals surface area contributed by atoms with Gasteiger partial charge in [0, 0.05) is 5.56 Å². The Bertz CT molecular complexity index is 865. The molecule has 0 saturated heterocycles. The molecule has 1 aliphatic heterocycles. The second-order valence-corrected chi connectivity index (χ2v) is 5.52. The SMILES string of the molecule is C1=NC(c2ccccc2)N=C1c1cccc(-c2ccccc2)c1. The van der Waals surface area contributed by atoms with Crippen molar-refractivity contribution in [3.8, 4) is 11.1 Å². The van der Waals surface area contributed by atoms with Gasteiger partial charge in [0.15, 0.2) is 6.17 Å². The highest BCUT2D eigenvalue weighted by molar-refractivity contribution is 6.39. The molecule has 0 radical (unpaired) electrons. The van der Waals surface area contributed by atoms with Gasteiger partial charge in [0.05, 0.1) is 11.9 Å². The van der Waals surface area contributed by atoms with Crippen LogP contribution in [0, 0.1) is 0 Å². The van der Waals surface area contributed by atoms with Crippen LogP contribution in [0.3, 0.4) is 0 Å². The van der Waals surface area contributed by atoms with Gasteiger partial charge in [-0.05, 0) is 22.8 Å². The molecule has 110 valence electrons. The zero-order valence-electron chi connectivity index (χ0n) is 12.6. The van der Waals surface area contributed by atoms with Gasteiger partial charge in [-0.1, -0.05) is 78.9 Å². The van der Waals surface area contributed by atoms with Crippen LogP contribution in [0.5, 0.6) is 0 Å². The molecule has 2 heteroatoms. The second kappa shape index (κ2) is 6.01. The van der Waals surface area contributed by atoms with Gasteiger partial charge in [-0.15, -0.1) is 0 Å². The molecule has 0 bridgehead atoms.